The Kier molecular flexibility index (Phi) is 3.28. The first kappa shape index (κ1) is 14.5. The number of rotatable bonds is 4. The van der Waals surface area contributed by atoms with Crippen LogP contribution in [0.2, 0.25) is 0 Å². The third-order valence-corrected chi connectivity index (χ3v) is 5.03. The van der Waals surface area contributed by atoms with Crippen molar-refractivity contribution in [3.8, 4) is 0 Å². The molecule has 0 saturated heterocycles. The van der Waals surface area contributed by atoms with Crippen molar-refractivity contribution in [1.82, 2.24) is 19.7 Å². The highest BCUT2D eigenvalue weighted by Gasteiger charge is 2.41. The summed E-state index contributed by atoms with van der Waals surface area (Å²) in [7, 11) is 1.88. The zero-order valence-corrected chi connectivity index (χ0v) is 13.9. The van der Waals surface area contributed by atoms with E-state index in [0.29, 0.717) is 18.0 Å². The Morgan fingerprint density at radius 2 is 2.13 bits per heavy atom. The van der Waals surface area contributed by atoms with Crippen molar-refractivity contribution in [2.24, 2.45) is 13.0 Å². The second-order valence-electron chi connectivity index (χ2n) is 6.95. The fourth-order valence-electron chi connectivity index (χ4n) is 3.41. The van der Waals surface area contributed by atoms with Crippen LogP contribution in [0.4, 0.5) is 10.5 Å². The first-order valence-electron chi connectivity index (χ1n) is 8.43. The Labute approximate surface area is 135 Å². The Bertz CT molecular complexity index is 760. The van der Waals surface area contributed by atoms with E-state index in [0.717, 1.165) is 35.3 Å². The van der Waals surface area contributed by atoms with Crippen molar-refractivity contribution in [1.29, 1.82) is 0 Å². The van der Waals surface area contributed by atoms with Gasteiger partial charge in [0.25, 0.3) is 0 Å². The molecule has 2 fully saturated rings. The SMILES string of the molecule is Cc1nn(C)c2ncc(NC(=O)N(C3CC3)C(C)C3CC3)cc12. The Morgan fingerprint density at radius 1 is 1.39 bits per heavy atom. The molecule has 4 rings (SSSR count). The van der Waals surface area contributed by atoms with Gasteiger partial charge in [-0.05, 0) is 51.5 Å². The summed E-state index contributed by atoms with van der Waals surface area (Å²) in [5, 5.41) is 8.40. The second-order valence-corrected chi connectivity index (χ2v) is 6.95. The molecule has 0 spiro atoms. The topological polar surface area (TPSA) is 63.1 Å². The normalized spacial score (nSPS) is 18.9. The number of anilines is 1. The lowest BCUT2D eigenvalue weighted by Crippen LogP contribution is -2.44. The van der Waals surface area contributed by atoms with Crippen LogP contribution in [-0.2, 0) is 7.05 Å². The number of nitrogens with zero attached hydrogens (tertiary/aromatic N) is 4. The number of hydrogen-bond donors (Lipinski definition) is 1. The number of urea groups is 1. The molecule has 2 aromatic rings. The van der Waals surface area contributed by atoms with Gasteiger partial charge in [-0.2, -0.15) is 5.10 Å². The average molecular weight is 313 g/mol. The number of amides is 2. The summed E-state index contributed by atoms with van der Waals surface area (Å²) in [5.41, 5.74) is 2.51. The van der Waals surface area contributed by atoms with E-state index in [1.165, 1.54) is 12.8 Å². The molecule has 0 aliphatic heterocycles. The standard InChI is InChI=1S/C17H23N5O/c1-10-15-8-13(9-18-16(15)21(3)20-10)19-17(23)22(14-6-7-14)11(2)12-4-5-12/h8-9,11-12,14H,4-7H2,1-3H3,(H,19,23). The number of nitrogens with one attached hydrogen (secondary N) is 1. The molecule has 2 aliphatic carbocycles. The Hall–Kier alpha value is -2.11. The zero-order valence-electron chi connectivity index (χ0n) is 13.9. The lowest BCUT2D eigenvalue weighted by atomic mass is 10.2. The molecular formula is C17H23N5O. The maximum atomic E-state index is 12.8. The van der Waals surface area contributed by atoms with Crippen LogP contribution in [0.1, 0.15) is 38.3 Å². The van der Waals surface area contributed by atoms with Crippen LogP contribution >= 0.6 is 0 Å². The molecule has 6 nitrogen and oxygen atoms in total. The van der Waals surface area contributed by atoms with Crippen LogP contribution in [0, 0.1) is 12.8 Å². The van der Waals surface area contributed by atoms with Crippen LogP contribution in [-0.4, -0.2) is 37.8 Å². The van der Waals surface area contributed by atoms with E-state index < -0.39 is 0 Å². The molecule has 1 unspecified atom stereocenters. The largest absolute Gasteiger partial charge is 0.322 e. The maximum absolute atomic E-state index is 12.8. The molecule has 2 heterocycles. The number of aryl methyl sites for hydroxylation is 2. The van der Waals surface area contributed by atoms with Crippen molar-refractivity contribution in [2.75, 3.05) is 5.32 Å². The number of pyridine rings is 1. The van der Waals surface area contributed by atoms with E-state index in [4.69, 9.17) is 0 Å². The van der Waals surface area contributed by atoms with Gasteiger partial charge in [0.2, 0.25) is 0 Å². The maximum Gasteiger partial charge on any atom is 0.322 e. The van der Waals surface area contributed by atoms with Crippen LogP contribution in [0.5, 0.6) is 0 Å². The summed E-state index contributed by atoms with van der Waals surface area (Å²) in [6.45, 7) is 4.14. The van der Waals surface area contributed by atoms with Crippen molar-refractivity contribution in [3.05, 3.63) is 18.0 Å². The molecule has 1 N–H and O–H groups in total. The molecule has 23 heavy (non-hydrogen) atoms. The predicted molar refractivity (Wildman–Crippen MR) is 89.3 cm³/mol. The molecule has 2 aliphatic rings. The third kappa shape index (κ3) is 2.66. The minimum Gasteiger partial charge on any atom is -0.319 e. The van der Waals surface area contributed by atoms with Gasteiger partial charge < -0.3 is 10.2 Å². The van der Waals surface area contributed by atoms with Crippen molar-refractivity contribution < 1.29 is 4.79 Å². The highest BCUT2D eigenvalue weighted by molar-refractivity contribution is 5.92. The molecule has 0 bridgehead atoms. The summed E-state index contributed by atoms with van der Waals surface area (Å²) in [5.74, 6) is 0.683. The first-order valence-corrected chi connectivity index (χ1v) is 8.43. The van der Waals surface area contributed by atoms with Gasteiger partial charge >= 0.3 is 6.03 Å². The predicted octanol–water partition coefficient (Wildman–Crippen LogP) is 3.07. The van der Waals surface area contributed by atoms with Gasteiger partial charge in [0.05, 0.1) is 17.6 Å². The molecule has 122 valence electrons. The van der Waals surface area contributed by atoms with Crippen LogP contribution in [0.3, 0.4) is 0 Å². The Morgan fingerprint density at radius 3 is 2.78 bits per heavy atom. The molecule has 6 heteroatoms. The first-order chi connectivity index (χ1) is 11.0. The van der Waals surface area contributed by atoms with E-state index in [2.05, 4.69) is 27.2 Å². The number of hydrogen-bond acceptors (Lipinski definition) is 3. The van der Waals surface area contributed by atoms with Crippen LogP contribution in [0.15, 0.2) is 12.3 Å². The fourth-order valence-corrected chi connectivity index (χ4v) is 3.41. The van der Waals surface area contributed by atoms with Crippen LogP contribution < -0.4 is 5.32 Å². The molecule has 2 aromatic heterocycles. The minimum absolute atomic E-state index is 0.00888. The van der Waals surface area contributed by atoms with E-state index >= 15 is 0 Å². The summed E-state index contributed by atoms with van der Waals surface area (Å²) in [6, 6.07) is 2.73. The number of fused-ring (bicyclic) bond motifs is 1. The number of aromatic nitrogens is 3. The van der Waals surface area contributed by atoms with Crippen LogP contribution in [0.25, 0.3) is 11.0 Å². The van der Waals surface area contributed by atoms with Crippen molar-refractivity contribution in [3.63, 3.8) is 0 Å². The van der Waals surface area contributed by atoms with Gasteiger partial charge in [-0.1, -0.05) is 0 Å². The van der Waals surface area contributed by atoms with Gasteiger partial charge in [0, 0.05) is 24.5 Å². The van der Waals surface area contributed by atoms with Crippen molar-refractivity contribution in [2.45, 2.75) is 51.6 Å². The third-order valence-electron chi connectivity index (χ3n) is 5.03. The molecule has 0 radical (unpaired) electrons. The minimum atomic E-state index is 0.00888. The lowest BCUT2D eigenvalue weighted by molar-refractivity contribution is 0.180. The fraction of sp³-hybridized carbons (Fsp3) is 0.588. The highest BCUT2D eigenvalue weighted by Crippen LogP contribution is 2.40. The summed E-state index contributed by atoms with van der Waals surface area (Å²) in [6.07, 6.45) is 6.47. The molecule has 0 aromatic carbocycles. The monoisotopic (exact) mass is 313 g/mol. The summed E-state index contributed by atoms with van der Waals surface area (Å²) in [4.78, 5) is 19.2. The van der Waals surface area contributed by atoms with Gasteiger partial charge in [-0.25, -0.2) is 9.78 Å². The van der Waals surface area contributed by atoms with E-state index in [-0.39, 0.29) is 6.03 Å². The summed E-state index contributed by atoms with van der Waals surface area (Å²) < 4.78 is 1.77. The lowest BCUT2D eigenvalue weighted by Gasteiger charge is -2.29. The second kappa shape index (κ2) is 5.22. The number of carbonyl (C=O) groups excluding carboxylic acids is 1. The molecule has 2 saturated carbocycles. The smallest absolute Gasteiger partial charge is 0.319 e. The average Bonchev–Trinajstić information content (AvgIpc) is 3.40. The van der Waals surface area contributed by atoms with E-state index in [1.54, 1.807) is 10.9 Å². The van der Waals surface area contributed by atoms with Gasteiger partial charge in [-0.15, -0.1) is 0 Å². The summed E-state index contributed by atoms with van der Waals surface area (Å²) >= 11 is 0. The molecule has 2 amide bonds. The van der Waals surface area contributed by atoms with Gasteiger partial charge in [0.15, 0.2) is 5.65 Å². The Balaban J connectivity index is 1.56. The van der Waals surface area contributed by atoms with Gasteiger partial charge in [0.1, 0.15) is 0 Å². The van der Waals surface area contributed by atoms with E-state index in [1.807, 2.05) is 20.0 Å². The highest BCUT2D eigenvalue weighted by atomic mass is 16.2. The number of carbonyl (C=O) groups is 1. The van der Waals surface area contributed by atoms with E-state index in [9.17, 15) is 4.79 Å². The molecular weight excluding hydrogens is 290 g/mol. The van der Waals surface area contributed by atoms with Crippen molar-refractivity contribution >= 4 is 22.8 Å². The quantitative estimate of drug-likeness (QED) is 0.943. The van der Waals surface area contributed by atoms with Gasteiger partial charge in [-0.3, -0.25) is 4.68 Å². The molecule has 1 atom stereocenters. The zero-order chi connectivity index (χ0) is 16.1.